The van der Waals surface area contributed by atoms with Crippen LogP contribution in [0.2, 0.25) is 0 Å². The Labute approximate surface area is 665 Å². The van der Waals surface area contributed by atoms with Crippen molar-refractivity contribution < 1.29 is 154 Å². The summed E-state index contributed by atoms with van der Waals surface area (Å²) in [6, 6.07) is 43.7. The number of nitriles is 2. The third-order valence-electron chi connectivity index (χ3n) is 14.1. The molecule has 96 heavy (non-hydrogen) atoms. The van der Waals surface area contributed by atoms with E-state index in [0.29, 0.717) is 46.9 Å². The zero-order valence-electron chi connectivity index (χ0n) is 60.0. The first kappa shape index (κ1) is 94.6. The van der Waals surface area contributed by atoms with E-state index >= 15 is 0 Å². The standard InChI is InChI=1S/C21H25N3O.C14H21NO3.C14H23NO.C8H17Br.C7H4N2O.C6H5NO3.CH3F.CH2O3.2K.H/c1-3-5-6-17(4-2)16-25-21-13-11-20(12-14-21)24-23-19-9-7-18(15-22)8-10-19;1-3-5-6-12(4-2)11-18-14-9-7-13(8-10-14)15(16)17;1-3-5-6-12(4-2)11-16-14-9-7-13(15)8-10-14;1-3-5-6-8(4-2)7-9;8-5-6-1-3-7(9-10)4-2-6;8-6-3-1-5(2-4-6)7(9)10;1-2;2-1-4-3;;;/h7-14,17H,3-6,16H2,1-2H3;7-10,12H,3-6,11H2,1-2H3;7-10,12H,3-6,11,15H2,1-2H3;8H,3-7H2,1-2H3;1-4H;1-4,8H;1H3;1,3H;;;/q;;;;;;;;2*+1;-1/p-1/i;;;;;;1D;;;;. The number of nitrogen functional groups attached to an aromatic ring is 1. The van der Waals surface area contributed by atoms with Gasteiger partial charge < -0.3 is 36.6 Å². The second-order valence-electron chi connectivity index (χ2n) is 21.1. The molecule has 0 aliphatic heterocycles. The van der Waals surface area contributed by atoms with Crippen LogP contribution in [-0.2, 0) is 9.68 Å². The van der Waals surface area contributed by atoms with Gasteiger partial charge in [0.25, 0.3) is 17.8 Å². The number of nitro benzene ring substituents is 2. The summed E-state index contributed by atoms with van der Waals surface area (Å²) >= 11 is 3.51. The zero-order chi connectivity index (χ0) is 71.3. The molecule has 0 aromatic heterocycles. The van der Waals surface area contributed by atoms with Crippen LogP contribution in [0.5, 0.6) is 23.0 Å². The van der Waals surface area contributed by atoms with Gasteiger partial charge in [0.2, 0.25) is 0 Å². The van der Waals surface area contributed by atoms with Crippen LogP contribution in [-0.4, -0.2) is 53.7 Å². The number of non-ortho nitro benzene ring substituents is 2. The molecular weight excluding hydrogens is 1350 g/mol. The molecule has 0 amide bonds. The molecule has 6 aromatic rings. The van der Waals surface area contributed by atoms with Crippen LogP contribution in [0.1, 0.15) is 172 Å². The molecule has 0 aliphatic carbocycles. The van der Waals surface area contributed by atoms with Crippen molar-refractivity contribution in [1.82, 2.24) is 0 Å². The van der Waals surface area contributed by atoms with Gasteiger partial charge in [-0.1, -0.05) is 148 Å². The number of hydrogen-bond donors (Lipinski definition) is 2. The molecule has 24 heteroatoms. The first-order valence-corrected chi connectivity index (χ1v) is 32.9. The van der Waals surface area contributed by atoms with Crippen LogP contribution in [0.15, 0.2) is 161 Å². The Balaban J connectivity index is -0.000000355. The molecule has 0 bridgehead atoms. The summed E-state index contributed by atoms with van der Waals surface area (Å²) in [4.78, 5) is 40.7. The quantitative estimate of drug-likeness (QED) is 0.00456. The van der Waals surface area contributed by atoms with Crippen molar-refractivity contribution >= 4 is 56.5 Å². The largest absolute Gasteiger partial charge is 1.00 e. The smallest absolute Gasteiger partial charge is 1.00 e. The number of aromatic hydroxyl groups is 1. The number of azo groups is 1. The number of rotatable bonds is 32. The maximum absolute atomic E-state index is 10.5. The van der Waals surface area contributed by atoms with Crippen molar-refractivity contribution in [3.8, 4) is 35.1 Å². The molecule has 6 rings (SSSR count). The average Bonchev–Trinajstić information content (AvgIpc) is 1.36. The number of anilines is 1. The molecule has 20 nitrogen and oxygen atoms in total. The van der Waals surface area contributed by atoms with Gasteiger partial charge in [0.05, 0.1) is 72.8 Å². The number of benzene rings is 6. The Hall–Kier alpha value is -5.59. The predicted octanol–water partition coefficient (Wildman–Crippen LogP) is 14.6. The Morgan fingerprint density at radius 1 is 0.562 bits per heavy atom. The van der Waals surface area contributed by atoms with E-state index in [1.54, 1.807) is 48.5 Å². The van der Waals surface area contributed by atoms with Crippen molar-refractivity contribution in [3.63, 3.8) is 0 Å². The van der Waals surface area contributed by atoms with E-state index in [-0.39, 0.29) is 128 Å². The second-order valence-corrected chi connectivity index (χ2v) is 21.8. The molecule has 0 aliphatic rings. The number of hydrogen-bond acceptors (Lipinski definition) is 18. The molecule has 4 unspecified atom stereocenters. The van der Waals surface area contributed by atoms with Crippen LogP contribution in [0.3, 0.4) is 0 Å². The Morgan fingerprint density at radius 3 is 1.11 bits per heavy atom. The molecule has 6 aromatic carbocycles. The Morgan fingerprint density at radius 2 is 0.844 bits per heavy atom. The third-order valence-corrected chi connectivity index (χ3v) is 15.0. The molecular formula is C72H100BrFK2N8O12. The Bertz CT molecular complexity index is 3000. The summed E-state index contributed by atoms with van der Waals surface area (Å²) in [5.74, 6) is 5.32. The maximum atomic E-state index is 10.5. The summed E-state index contributed by atoms with van der Waals surface area (Å²) in [7, 11) is -1.00. The number of nitrogens with two attached hydrogens (primary N) is 1. The average molecular weight is 1450 g/mol. The number of ether oxygens (including phenoxy) is 3. The first-order valence-electron chi connectivity index (χ1n) is 32.5. The summed E-state index contributed by atoms with van der Waals surface area (Å²) < 4.78 is 32.8. The normalized spacial score (nSPS) is 11.0. The predicted molar refractivity (Wildman–Crippen MR) is 376 cm³/mol. The van der Waals surface area contributed by atoms with E-state index in [0.717, 1.165) is 60.5 Å². The molecule has 3 N–H and O–H groups in total. The van der Waals surface area contributed by atoms with Crippen LogP contribution >= 0.6 is 15.9 Å². The van der Waals surface area contributed by atoms with E-state index in [4.69, 9.17) is 47.0 Å². The number of unbranched alkanes of at least 4 members (excludes halogenated alkanes) is 4. The van der Waals surface area contributed by atoms with Gasteiger partial charge >= 0.3 is 103 Å². The molecule has 0 saturated carbocycles. The van der Waals surface area contributed by atoms with Crippen molar-refractivity contribution in [1.29, 1.82) is 10.5 Å². The van der Waals surface area contributed by atoms with Crippen molar-refractivity contribution in [2.45, 2.75) is 158 Å². The van der Waals surface area contributed by atoms with E-state index in [1.807, 2.05) is 54.6 Å². The van der Waals surface area contributed by atoms with Gasteiger partial charge in [-0.3, -0.25) is 29.4 Å². The number of carbonyl (C=O) groups excluding carboxylic acids is 1. The molecule has 4 atom stereocenters. The zero-order valence-corrected chi connectivity index (χ0v) is 65.8. The number of phenols is 1. The van der Waals surface area contributed by atoms with Gasteiger partial charge in [-0.05, 0) is 176 Å². The van der Waals surface area contributed by atoms with Crippen LogP contribution in [0.4, 0.5) is 38.5 Å². The minimum atomic E-state index is -1.00. The Kier molecular flexibility index (Phi) is 65.7. The second kappa shape index (κ2) is 66.6. The molecule has 516 valence electrons. The van der Waals surface area contributed by atoms with E-state index < -0.39 is 17.0 Å². The van der Waals surface area contributed by atoms with Gasteiger partial charge in [-0.25, -0.2) is 0 Å². The van der Waals surface area contributed by atoms with Gasteiger partial charge in [-0.2, -0.15) is 20.8 Å². The number of nitroso groups, excluding NO2 is 1. The summed E-state index contributed by atoms with van der Waals surface area (Å²) in [6.07, 6.45) is 20.0. The minimum absolute atomic E-state index is 0. The molecule has 0 saturated heterocycles. The number of carbonyl (C=O) groups is 1. The third kappa shape index (κ3) is 50.7. The summed E-state index contributed by atoms with van der Waals surface area (Å²) in [5.41, 5.74) is 9.48. The van der Waals surface area contributed by atoms with E-state index in [2.05, 4.69) is 97.7 Å². The summed E-state index contributed by atoms with van der Waals surface area (Å²) in [6.45, 7) is 19.9. The molecule has 0 fully saturated rings. The monoisotopic (exact) mass is 1450 g/mol. The topological polar surface area (TPSA) is 311 Å². The van der Waals surface area contributed by atoms with E-state index in [1.165, 1.54) is 144 Å². The number of alkyl halides is 2. The van der Waals surface area contributed by atoms with Gasteiger partial charge in [0, 0.05) is 35.3 Å². The molecule has 0 spiro atoms. The van der Waals surface area contributed by atoms with E-state index in [9.17, 15) is 29.5 Å². The summed E-state index contributed by atoms with van der Waals surface area (Å²) in [5, 5.41) is 67.1. The molecule has 0 radical (unpaired) electrons. The van der Waals surface area contributed by atoms with Crippen LogP contribution < -0.4 is 128 Å². The fraction of sp³-hybridized carbons (Fsp3) is 0.458. The van der Waals surface area contributed by atoms with Gasteiger partial charge in [0.1, 0.15) is 28.7 Å². The maximum Gasteiger partial charge on any atom is 1.00 e. The fourth-order valence-corrected chi connectivity index (χ4v) is 8.73. The van der Waals surface area contributed by atoms with Crippen LogP contribution in [0, 0.1) is 71.5 Å². The molecule has 0 heterocycles. The van der Waals surface area contributed by atoms with Crippen molar-refractivity contribution in [2.75, 3.05) is 38.0 Å². The van der Waals surface area contributed by atoms with Gasteiger partial charge in [-0.15, -0.1) is 4.91 Å². The fourth-order valence-electron chi connectivity index (χ4n) is 7.95. The first-order chi connectivity index (χ1) is 45.9. The van der Waals surface area contributed by atoms with Crippen LogP contribution in [0.25, 0.3) is 0 Å². The number of nitro groups is 2. The minimum Gasteiger partial charge on any atom is -1.00 e. The van der Waals surface area contributed by atoms with Crippen molar-refractivity contribution in [3.05, 3.63) is 182 Å². The van der Waals surface area contributed by atoms with Gasteiger partial charge in [0.15, 0.2) is 0 Å². The number of phenolic OH excluding ortho intramolecular Hbond substituents is 1. The SMILES string of the molecule is CCCCC(CC)CBr.CCCCC(CC)COc1ccc(N)cc1.CCCCC(CC)COc1ccc(N=Nc2ccc(C#N)cc2)cc1.CCCCC(CC)COc1ccc([N+](=O)[O-])cc1.N#Cc1ccc(N=O)cc1.O=CO[O-].O=[N+]([O-])c1ccc(O)cc1.[2H]CF.[H-].[K+].[K+]. The van der Waals surface area contributed by atoms with Crippen molar-refractivity contribution in [2.24, 2.45) is 39.1 Å². The number of nitrogens with zero attached hydrogens (tertiary/aromatic N) is 7. The number of halogens is 2.